The van der Waals surface area contributed by atoms with Gasteiger partial charge in [0.05, 0.1) is 25.0 Å². The number of anilines is 1. The molecule has 3 aromatic rings. The molecule has 0 saturated heterocycles. The lowest BCUT2D eigenvalue weighted by molar-refractivity contribution is -0.120. The van der Waals surface area contributed by atoms with Gasteiger partial charge in [-0.3, -0.25) is 14.6 Å². The number of nitrogens with zero attached hydrogens (tertiary/aromatic N) is 1. The molecule has 1 heterocycles. The van der Waals surface area contributed by atoms with Crippen LogP contribution in [-0.2, 0) is 9.59 Å². The maximum atomic E-state index is 14.8. The van der Waals surface area contributed by atoms with Gasteiger partial charge < -0.3 is 24.8 Å². The first-order chi connectivity index (χ1) is 17.3. The van der Waals surface area contributed by atoms with Crippen LogP contribution in [0.3, 0.4) is 0 Å². The van der Waals surface area contributed by atoms with Gasteiger partial charge in [-0.25, -0.2) is 4.39 Å². The Labute approximate surface area is 213 Å². The maximum Gasteiger partial charge on any atom is 0.230 e. The fourth-order valence-corrected chi connectivity index (χ4v) is 3.62. The van der Waals surface area contributed by atoms with Crippen molar-refractivity contribution < 1.29 is 28.2 Å². The summed E-state index contributed by atoms with van der Waals surface area (Å²) in [5, 5.41) is 6.10. The number of carbonyl (C=O) groups excluding carboxylic acids is 2. The number of methoxy groups -OCH3 is 1. The molecular weight excluding hydrogens is 485 g/mol. The standard InChI is InChI=1S/C26H28FN3O5S/c1-26(7-8-26)25(32)30-16-4-5-21(18(27)12-16)35-20-6-10-28-19-14-23(22(33-2)13-17(19)20)34-11-3-9-29-24(31)15-36/h4-6,10,12-14,36H,3,7-9,11,15H2,1-2H3,(H,29,31)(H,30,32). The first-order valence-corrected chi connectivity index (χ1v) is 12.2. The number of halogens is 1. The van der Waals surface area contributed by atoms with Crippen LogP contribution in [0.15, 0.2) is 42.6 Å². The van der Waals surface area contributed by atoms with Gasteiger partial charge in [-0.2, -0.15) is 12.6 Å². The van der Waals surface area contributed by atoms with Gasteiger partial charge in [-0.1, -0.05) is 6.92 Å². The second kappa shape index (κ2) is 11.0. The number of thiol groups is 1. The number of carbonyl (C=O) groups is 2. The lowest BCUT2D eigenvalue weighted by Gasteiger charge is -2.15. The molecule has 0 atom stereocenters. The van der Waals surface area contributed by atoms with Crippen molar-refractivity contribution in [3.63, 3.8) is 0 Å². The SMILES string of the molecule is COc1cc2c(Oc3ccc(NC(=O)C4(C)CC4)cc3F)ccnc2cc1OCCCNC(=O)CS. The van der Waals surface area contributed by atoms with Crippen LogP contribution in [0.2, 0.25) is 0 Å². The van der Waals surface area contributed by atoms with E-state index >= 15 is 0 Å². The molecule has 190 valence electrons. The summed E-state index contributed by atoms with van der Waals surface area (Å²) in [5.74, 6) is 0.652. The highest BCUT2D eigenvalue weighted by Gasteiger charge is 2.44. The molecular formula is C26H28FN3O5S. The Morgan fingerprint density at radius 2 is 1.92 bits per heavy atom. The number of rotatable bonds is 11. The molecule has 1 fully saturated rings. The van der Waals surface area contributed by atoms with Crippen LogP contribution in [0.5, 0.6) is 23.0 Å². The summed E-state index contributed by atoms with van der Waals surface area (Å²) >= 11 is 3.92. The lowest BCUT2D eigenvalue weighted by atomic mass is 10.1. The van der Waals surface area contributed by atoms with Gasteiger partial charge in [0.25, 0.3) is 0 Å². The predicted molar refractivity (Wildman–Crippen MR) is 138 cm³/mol. The first kappa shape index (κ1) is 25.6. The van der Waals surface area contributed by atoms with Gasteiger partial charge in [-0.15, -0.1) is 0 Å². The second-order valence-electron chi connectivity index (χ2n) is 8.80. The number of nitrogens with one attached hydrogen (secondary N) is 2. The van der Waals surface area contributed by atoms with E-state index in [-0.39, 0.29) is 28.7 Å². The average Bonchev–Trinajstić information content (AvgIpc) is 3.63. The minimum Gasteiger partial charge on any atom is -0.493 e. The Balaban J connectivity index is 1.47. The molecule has 1 aliphatic carbocycles. The number of benzene rings is 2. The summed E-state index contributed by atoms with van der Waals surface area (Å²) in [6.07, 6.45) is 3.83. The fourth-order valence-electron chi connectivity index (χ4n) is 3.50. The number of amides is 2. The van der Waals surface area contributed by atoms with Crippen LogP contribution in [0.25, 0.3) is 10.9 Å². The van der Waals surface area contributed by atoms with Gasteiger partial charge in [0, 0.05) is 41.4 Å². The maximum absolute atomic E-state index is 14.8. The van der Waals surface area contributed by atoms with Gasteiger partial charge >= 0.3 is 0 Å². The molecule has 8 nitrogen and oxygen atoms in total. The Bertz CT molecular complexity index is 1280. The molecule has 2 aromatic carbocycles. The third-order valence-corrected chi connectivity index (χ3v) is 6.28. The normalized spacial score (nSPS) is 13.7. The summed E-state index contributed by atoms with van der Waals surface area (Å²) < 4.78 is 32.0. The lowest BCUT2D eigenvalue weighted by Crippen LogP contribution is -2.26. The van der Waals surface area contributed by atoms with Crippen LogP contribution < -0.4 is 24.8 Å². The summed E-state index contributed by atoms with van der Waals surface area (Å²) in [7, 11) is 1.52. The predicted octanol–water partition coefficient (Wildman–Crippen LogP) is 4.73. The minimum absolute atomic E-state index is 0.0145. The van der Waals surface area contributed by atoms with Crippen molar-refractivity contribution >= 4 is 41.0 Å². The zero-order chi connectivity index (χ0) is 25.7. The van der Waals surface area contributed by atoms with Gasteiger partial charge in [0.15, 0.2) is 23.1 Å². The molecule has 0 bridgehead atoms. The molecule has 10 heteroatoms. The van der Waals surface area contributed by atoms with Crippen molar-refractivity contribution in [2.24, 2.45) is 5.41 Å². The van der Waals surface area contributed by atoms with Crippen LogP contribution in [0.4, 0.5) is 10.1 Å². The summed E-state index contributed by atoms with van der Waals surface area (Å²) in [5.41, 5.74) is 0.602. The van der Waals surface area contributed by atoms with Crippen molar-refractivity contribution in [1.29, 1.82) is 0 Å². The van der Waals surface area contributed by atoms with E-state index in [4.69, 9.17) is 14.2 Å². The molecule has 0 unspecified atom stereocenters. The molecule has 1 saturated carbocycles. The summed E-state index contributed by atoms with van der Waals surface area (Å²) in [4.78, 5) is 27.9. The minimum atomic E-state index is -0.601. The number of hydrogen-bond donors (Lipinski definition) is 3. The van der Waals surface area contributed by atoms with Gasteiger partial charge in [-0.05, 0) is 43.5 Å². The molecule has 1 aromatic heterocycles. The molecule has 0 aliphatic heterocycles. The number of ether oxygens (including phenoxy) is 3. The van der Waals surface area contributed by atoms with Crippen LogP contribution >= 0.6 is 12.6 Å². The van der Waals surface area contributed by atoms with E-state index in [0.29, 0.717) is 53.4 Å². The Kier molecular flexibility index (Phi) is 7.83. The van der Waals surface area contributed by atoms with Crippen LogP contribution in [-0.4, -0.2) is 42.8 Å². The van der Waals surface area contributed by atoms with Gasteiger partial charge in [0.1, 0.15) is 5.75 Å². The molecule has 0 radical (unpaired) electrons. The fraction of sp³-hybridized carbons (Fsp3) is 0.346. The average molecular weight is 514 g/mol. The highest BCUT2D eigenvalue weighted by Crippen LogP contribution is 2.46. The quantitative estimate of drug-likeness (QED) is 0.253. The van der Waals surface area contributed by atoms with Crippen molar-refractivity contribution in [3.8, 4) is 23.0 Å². The third kappa shape index (κ3) is 5.99. The molecule has 4 rings (SSSR count). The number of fused-ring (bicyclic) bond motifs is 1. The highest BCUT2D eigenvalue weighted by atomic mass is 32.1. The van der Waals surface area contributed by atoms with Crippen LogP contribution in [0, 0.1) is 11.2 Å². The topological polar surface area (TPSA) is 98.8 Å². The Hall–Kier alpha value is -3.53. The Morgan fingerprint density at radius 3 is 2.61 bits per heavy atom. The van der Waals surface area contributed by atoms with E-state index in [1.165, 1.54) is 19.2 Å². The van der Waals surface area contributed by atoms with E-state index in [0.717, 1.165) is 12.8 Å². The highest BCUT2D eigenvalue weighted by molar-refractivity contribution is 7.81. The largest absolute Gasteiger partial charge is 0.493 e. The van der Waals surface area contributed by atoms with E-state index in [1.54, 1.807) is 30.5 Å². The molecule has 2 amide bonds. The van der Waals surface area contributed by atoms with E-state index in [9.17, 15) is 14.0 Å². The smallest absolute Gasteiger partial charge is 0.230 e. The summed E-state index contributed by atoms with van der Waals surface area (Å²) in [6, 6.07) is 9.41. The zero-order valence-corrected chi connectivity index (χ0v) is 21.0. The second-order valence-corrected chi connectivity index (χ2v) is 9.12. The summed E-state index contributed by atoms with van der Waals surface area (Å²) in [6.45, 7) is 2.72. The number of hydrogen-bond acceptors (Lipinski definition) is 7. The van der Waals surface area contributed by atoms with Crippen LogP contribution in [0.1, 0.15) is 26.2 Å². The van der Waals surface area contributed by atoms with E-state index in [1.807, 2.05) is 6.92 Å². The Morgan fingerprint density at radius 1 is 1.11 bits per heavy atom. The molecule has 2 N–H and O–H groups in total. The van der Waals surface area contributed by atoms with Crippen molar-refractivity contribution in [2.75, 3.05) is 31.3 Å². The first-order valence-electron chi connectivity index (χ1n) is 11.6. The van der Waals surface area contributed by atoms with Crippen molar-refractivity contribution in [3.05, 3.63) is 48.4 Å². The van der Waals surface area contributed by atoms with E-state index < -0.39 is 5.82 Å². The van der Waals surface area contributed by atoms with Gasteiger partial charge in [0.2, 0.25) is 11.8 Å². The molecule has 0 spiro atoms. The molecule has 36 heavy (non-hydrogen) atoms. The zero-order valence-electron chi connectivity index (χ0n) is 20.1. The number of pyridine rings is 1. The third-order valence-electron chi connectivity index (χ3n) is 5.99. The monoisotopic (exact) mass is 513 g/mol. The number of aromatic nitrogens is 1. The van der Waals surface area contributed by atoms with Crippen molar-refractivity contribution in [2.45, 2.75) is 26.2 Å². The van der Waals surface area contributed by atoms with Crippen molar-refractivity contribution in [1.82, 2.24) is 10.3 Å². The molecule has 1 aliphatic rings. The van der Waals surface area contributed by atoms with E-state index in [2.05, 4.69) is 28.2 Å².